The normalized spacial score (nSPS) is 25.0. The van der Waals surface area contributed by atoms with Gasteiger partial charge in [0.1, 0.15) is 0 Å². The number of hydrogen-bond acceptors (Lipinski definition) is 4. The Labute approximate surface area is 190 Å². The smallest absolute Gasteiger partial charge is 0.226 e. The summed E-state index contributed by atoms with van der Waals surface area (Å²) in [5.41, 5.74) is 4.09. The first kappa shape index (κ1) is 21.0. The van der Waals surface area contributed by atoms with E-state index < -0.39 is 0 Å². The summed E-state index contributed by atoms with van der Waals surface area (Å²) in [5.74, 6) is 7.19. The lowest BCUT2D eigenvalue weighted by atomic mass is 9.81. The highest BCUT2D eigenvalue weighted by Crippen LogP contribution is 2.49. The van der Waals surface area contributed by atoms with E-state index in [4.69, 9.17) is 0 Å². The van der Waals surface area contributed by atoms with E-state index in [1.165, 1.54) is 12.0 Å². The molecule has 5 heteroatoms. The third-order valence-corrected chi connectivity index (χ3v) is 7.60. The van der Waals surface area contributed by atoms with Gasteiger partial charge in [0.05, 0.1) is 18.7 Å². The van der Waals surface area contributed by atoms with Crippen molar-refractivity contribution in [3.05, 3.63) is 59.4 Å². The van der Waals surface area contributed by atoms with Gasteiger partial charge in [-0.1, -0.05) is 31.1 Å². The summed E-state index contributed by atoms with van der Waals surface area (Å²) in [6.07, 6.45) is 10.0. The quantitative estimate of drug-likeness (QED) is 0.739. The van der Waals surface area contributed by atoms with Crippen molar-refractivity contribution in [3.63, 3.8) is 0 Å². The summed E-state index contributed by atoms with van der Waals surface area (Å²) in [5, 5.41) is 10.2. The minimum atomic E-state index is 0.0212. The fourth-order valence-electron chi connectivity index (χ4n) is 5.94. The summed E-state index contributed by atoms with van der Waals surface area (Å²) < 4.78 is 0. The molecule has 0 unspecified atom stereocenters. The molecule has 32 heavy (non-hydrogen) atoms. The molecule has 3 heterocycles. The van der Waals surface area contributed by atoms with Gasteiger partial charge in [0, 0.05) is 54.6 Å². The SMILES string of the molecule is CN1c2ccc(C#Cc3cccnc3)cc2[C@H]2[C@H](CCN2C(=O)C2CCCCC2)[C@@H]1CO. The number of carbonyl (C=O) groups excluding carboxylic acids is 1. The fraction of sp³-hybridized carbons (Fsp3) is 0.481. The minimum Gasteiger partial charge on any atom is -0.394 e. The molecule has 2 fully saturated rings. The van der Waals surface area contributed by atoms with Crippen molar-refractivity contribution < 1.29 is 9.90 Å². The Morgan fingerprint density at radius 2 is 1.94 bits per heavy atom. The molecule has 0 bridgehead atoms. The van der Waals surface area contributed by atoms with E-state index >= 15 is 0 Å². The molecule has 3 aliphatic rings. The van der Waals surface area contributed by atoms with Crippen LogP contribution in [0.5, 0.6) is 0 Å². The van der Waals surface area contributed by atoms with E-state index in [1.54, 1.807) is 12.4 Å². The number of fused-ring (bicyclic) bond motifs is 3. The van der Waals surface area contributed by atoms with E-state index in [1.807, 2.05) is 18.2 Å². The van der Waals surface area contributed by atoms with Gasteiger partial charge in [0.2, 0.25) is 5.91 Å². The van der Waals surface area contributed by atoms with Crippen LogP contribution in [-0.2, 0) is 4.79 Å². The third kappa shape index (κ3) is 3.78. The summed E-state index contributed by atoms with van der Waals surface area (Å²) >= 11 is 0. The number of aliphatic hydroxyl groups excluding tert-OH is 1. The average molecular weight is 430 g/mol. The van der Waals surface area contributed by atoms with Gasteiger partial charge in [0.15, 0.2) is 0 Å². The molecule has 1 saturated heterocycles. The zero-order valence-corrected chi connectivity index (χ0v) is 18.7. The van der Waals surface area contributed by atoms with Crippen molar-refractivity contribution in [2.24, 2.45) is 11.8 Å². The molecule has 166 valence electrons. The molecule has 1 aromatic heterocycles. The van der Waals surface area contributed by atoms with Crippen molar-refractivity contribution in [2.45, 2.75) is 50.6 Å². The summed E-state index contributed by atoms with van der Waals surface area (Å²) in [4.78, 5) is 22.0. The van der Waals surface area contributed by atoms with Crippen molar-refractivity contribution in [2.75, 3.05) is 25.1 Å². The zero-order chi connectivity index (χ0) is 22.1. The molecule has 1 aliphatic carbocycles. The van der Waals surface area contributed by atoms with E-state index in [0.29, 0.717) is 5.91 Å². The monoisotopic (exact) mass is 429 g/mol. The van der Waals surface area contributed by atoms with E-state index in [-0.39, 0.29) is 30.5 Å². The van der Waals surface area contributed by atoms with Crippen LogP contribution < -0.4 is 4.90 Å². The van der Waals surface area contributed by atoms with E-state index in [2.05, 4.69) is 45.8 Å². The van der Waals surface area contributed by atoms with Crippen LogP contribution in [0.4, 0.5) is 5.69 Å². The third-order valence-electron chi connectivity index (χ3n) is 7.60. The first-order valence-corrected chi connectivity index (χ1v) is 11.9. The standard InChI is InChI=1S/C27H31N3O2/c1-29-24-12-11-19(9-10-20-6-5-14-28-17-20)16-23(24)26-22(25(29)18-31)13-15-30(26)27(32)21-7-3-2-4-8-21/h5-6,11-12,14,16-17,21-22,25-26,31H,2-4,7-8,13,15,18H2,1H3/t22-,25+,26-/m1/s1. The second-order valence-corrected chi connectivity index (χ2v) is 9.39. The first-order chi connectivity index (χ1) is 15.7. The van der Waals surface area contributed by atoms with Crippen molar-refractivity contribution >= 4 is 11.6 Å². The number of aliphatic hydroxyl groups is 1. The van der Waals surface area contributed by atoms with Gasteiger partial charge in [-0.25, -0.2) is 0 Å². The number of anilines is 1. The molecule has 2 aromatic rings. The number of likely N-dealkylation sites (N-methyl/N-ethyl adjacent to an activating group) is 1. The van der Waals surface area contributed by atoms with Gasteiger partial charge in [-0.2, -0.15) is 0 Å². The average Bonchev–Trinajstić information content (AvgIpc) is 3.29. The van der Waals surface area contributed by atoms with Crippen molar-refractivity contribution in [3.8, 4) is 11.8 Å². The minimum absolute atomic E-state index is 0.0212. The van der Waals surface area contributed by atoms with Crippen molar-refractivity contribution in [1.82, 2.24) is 9.88 Å². The van der Waals surface area contributed by atoms with E-state index in [0.717, 1.165) is 55.5 Å². The number of amides is 1. The predicted molar refractivity (Wildman–Crippen MR) is 125 cm³/mol. The van der Waals surface area contributed by atoms with E-state index in [9.17, 15) is 9.90 Å². The highest BCUT2D eigenvalue weighted by molar-refractivity contribution is 5.80. The number of aromatic nitrogens is 1. The van der Waals surface area contributed by atoms with Crippen LogP contribution in [0.15, 0.2) is 42.7 Å². The first-order valence-electron chi connectivity index (χ1n) is 11.9. The van der Waals surface area contributed by atoms with Crippen LogP contribution in [0, 0.1) is 23.7 Å². The molecule has 3 atom stereocenters. The Morgan fingerprint density at radius 3 is 2.69 bits per heavy atom. The Balaban J connectivity index is 1.51. The highest BCUT2D eigenvalue weighted by atomic mass is 16.3. The van der Waals surface area contributed by atoms with Crippen molar-refractivity contribution in [1.29, 1.82) is 0 Å². The maximum atomic E-state index is 13.6. The molecule has 5 nitrogen and oxygen atoms in total. The summed E-state index contributed by atoms with van der Waals surface area (Å²) in [7, 11) is 2.06. The maximum absolute atomic E-state index is 13.6. The Bertz CT molecular complexity index is 1040. The van der Waals surface area contributed by atoms with Gasteiger partial charge < -0.3 is 14.9 Å². The van der Waals surface area contributed by atoms with Gasteiger partial charge in [0.25, 0.3) is 0 Å². The summed E-state index contributed by atoms with van der Waals surface area (Å²) in [6, 6.07) is 10.2. The van der Waals surface area contributed by atoms with Crippen LogP contribution in [0.1, 0.15) is 61.3 Å². The highest BCUT2D eigenvalue weighted by Gasteiger charge is 2.48. The maximum Gasteiger partial charge on any atom is 0.226 e. The number of nitrogens with zero attached hydrogens (tertiary/aromatic N) is 3. The lowest BCUT2D eigenvalue weighted by Crippen LogP contribution is -2.49. The molecule has 0 radical (unpaired) electrons. The van der Waals surface area contributed by atoms with Gasteiger partial charge in [-0.3, -0.25) is 9.78 Å². The molecule has 1 amide bonds. The second-order valence-electron chi connectivity index (χ2n) is 9.39. The topological polar surface area (TPSA) is 56.7 Å². The molecular formula is C27H31N3O2. The molecular weight excluding hydrogens is 398 g/mol. The summed E-state index contributed by atoms with van der Waals surface area (Å²) in [6.45, 7) is 0.880. The second kappa shape index (κ2) is 8.96. The number of pyridine rings is 1. The van der Waals surface area contributed by atoms with Crippen LogP contribution in [-0.4, -0.2) is 47.1 Å². The largest absolute Gasteiger partial charge is 0.394 e. The molecule has 1 saturated carbocycles. The van der Waals surface area contributed by atoms with Crippen LogP contribution in [0.2, 0.25) is 0 Å². The Kier molecular flexibility index (Phi) is 5.89. The number of hydrogen-bond donors (Lipinski definition) is 1. The predicted octanol–water partition coefficient (Wildman–Crippen LogP) is 3.76. The lowest BCUT2D eigenvalue weighted by molar-refractivity contribution is -0.138. The molecule has 2 aliphatic heterocycles. The number of rotatable bonds is 2. The fourth-order valence-corrected chi connectivity index (χ4v) is 5.94. The Hall–Kier alpha value is -2.84. The molecule has 5 rings (SSSR count). The lowest BCUT2D eigenvalue weighted by Gasteiger charge is -2.45. The zero-order valence-electron chi connectivity index (χ0n) is 18.7. The van der Waals surface area contributed by atoms with Gasteiger partial charge >= 0.3 is 0 Å². The van der Waals surface area contributed by atoms with Crippen LogP contribution in [0.3, 0.4) is 0 Å². The molecule has 0 spiro atoms. The number of benzene rings is 1. The molecule has 1 aromatic carbocycles. The van der Waals surface area contributed by atoms with Crippen LogP contribution in [0.25, 0.3) is 0 Å². The van der Waals surface area contributed by atoms with Gasteiger partial charge in [-0.05, 0) is 55.2 Å². The number of carbonyl (C=O) groups is 1. The van der Waals surface area contributed by atoms with Gasteiger partial charge in [-0.15, -0.1) is 0 Å². The molecule has 1 N–H and O–H groups in total. The number of likely N-dealkylation sites (tertiary alicyclic amines) is 1. The van der Waals surface area contributed by atoms with Crippen LogP contribution >= 0.6 is 0 Å². The Morgan fingerprint density at radius 1 is 1.12 bits per heavy atom.